The van der Waals surface area contributed by atoms with Gasteiger partial charge in [0.1, 0.15) is 0 Å². The molecule has 0 amide bonds. The molecule has 4 nitrogen and oxygen atoms in total. The van der Waals surface area contributed by atoms with E-state index < -0.39 is 5.97 Å². The summed E-state index contributed by atoms with van der Waals surface area (Å²) in [7, 11) is 1.61. The van der Waals surface area contributed by atoms with Gasteiger partial charge in [0.2, 0.25) is 0 Å². The number of aromatic carboxylic acids is 1. The van der Waals surface area contributed by atoms with Gasteiger partial charge in [-0.3, -0.25) is 0 Å². The van der Waals surface area contributed by atoms with E-state index in [4.69, 9.17) is 9.84 Å². The second-order valence-corrected chi connectivity index (χ2v) is 5.14. The minimum absolute atomic E-state index is 0.0705. The SMILES string of the molecule is COCC(C)c1sc(C(C)C)nc1C(=O)O. The minimum Gasteiger partial charge on any atom is -0.476 e. The molecule has 1 N–H and O–H groups in total. The Hall–Kier alpha value is -0.940. The quantitative estimate of drug-likeness (QED) is 0.863. The molecule has 1 heterocycles. The van der Waals surface area contributed by atoms with Gasteiger partial charge in [-0.2, -0.15) is 0 Å². The van der Waals surface area contributed by atoms with Gasteiger partial charge < -0.3 is 9.84 Å². The molecule has 0 bridgehead atoms. The number of carboxylic acid groups (broad SMARTS) is 1. The first-order valence-electron chi connectivity index (χ1n) is 5.20. The maximum Gasteiger partial charge on any atom is 0.355 e. The highest BCUT2D eigenvalue weighted by Crippen LogP contribution is 2.30. The first-order valence-corrected chi connectivity index (χ1v) is 6.01. The van der Waals surface area contributed by atoms with Crippen molar-refractivity contribution in [1.82, 2.24) is 4.98 Å². The Kier molecular flexibility index (Phi) is 4.44. The number of hydrogen-bond acceptors (Lipinski definition) is 4. The van der Waals surface area contributed by atoms with Gasteiger partial charge in [0.25, 0.3) is 0 Å². The van der Waals surface area contributed by atoms with Crippen molar-refractivity contribution in [3.63, 3.8) is 0 Å². The van der Waals surface area contributed by atoms with Gasteiger partial charge in [-0.1, -0.05) is 20.8 Å². The summed E-state index contributed by atoms with van der Waals surface area (Å²) < 4.78 is 5.05. The predicted octanol–water partition coefficient (Wildman–Crippen LogP) is 2.71. The summed E-state index contributed by atoms with van der Waals surface area (Å²) in [5.41, 5.74) is 0.179. The van der Waals surface area contributed by atoms with Crippen LogP contribution in [0.3, 0.4) is 0 Å². The Labute approximate surface area is 99.3 Å². The van der Waals surface area contributed by atoms with Crippen molar-refractivity contribution in [1.29, 1.82) is 0 Å². The largest absolute Gasteiger partial charge is 0.476 e. The number of hydrogen-bond donors (Lipinski definition) is 1. The summed E-state index contributed by atoms with van der Waals surface area (Å²) in [4.78, 5) is 16.0. The van der Waals surface area contributed by atoms with Gasteiger partial charge >= 0.3 is 5.97 Å². The third-order valence-electron chi connectivity index (χ3n) is 2.23. The van der Waals surface area contributed by atoms with Crippen LogP contribution in [0, 0.1) is 0 Å². The van der Waals surface area contributed by atoms with Crippen molar-refractivity contribution in [2.75, 3.05) is 13.7 Å². The number of methoxy groups -OCH3 is 1. The Balaban J connectivity index is 3.09. The molecule has 0 aliphatic rings. The van der Waals surface area contributed by atoms with Crippen molar-refractivity contribution in [3.8, 4) is 0 Å². The molecule has 0 aliphatic carbocycles. The van der Waals surface area contributed by atoms with Crippen LogP contribution in [-0.4, -0.2) is 29.8 Å². The normalized spacial score (nSPS) is 13.1. The molecule has 1 atom stereocenters. The number of nitrogens with zero attached hydrogens (tertiary/aromatic N) is 1. The van der Waals surface area contributed by atoms with Crippen LogP contribution < -0.4 is 0 Å². The molecule has 0 saturated carbocycles. The van der Waals surface area contributed by atoms with Gasteiger partial charge in [-0.25, -0.2) is 9.78 Å². The highest BCUT2D eigenvalue weighted by atomic mass is 32.1. The Morgan fingerprint density at radius 3 is 2.56 bits per heavy atom. The van der Waals surface area contributed by atoms with E-state index in [0.29, 0.717) is 6.61 Å². The molecule has 5 heteroatoms. The highest BCUT2D eigenvalue weighted by molar-refractivity contribution is 7.12. The third kappa shape index (κ3) is 2.80. The number of carbonyl (C=O) groups is 1. The van der Waals surface area contributed by atoms with E-state index in [1.165, 1.54) is 11.3 Å². The molecule has 1 rings (SSSR count). The van der Waals surface area contributed by atoms with Gasteiger partial charge in [0, 0.05) is 23.8 Å². The Bertz CT molecular complexity index is 373. The van der Waals surface area contributed by atoms with Crippen LogP contribution in [-0.2, 0) is 4.74 Å². The number of ether oxygens (including phenoxy) is 1. The van der Waals surface area contributed by atoms with E-state index in [-0.39, 0.29) is 17.5 Å². The average molecular weight is 243 g/mol. The predicted molar refractivity (Wildman–Crippen MR) is 63.5 cm³/mol. The number of carboxylic acids is 1. The maximum atomic E-state index is 11.1. The standard InChI is InChI=1S/C11H17NO3S/c1-6(2)10-12-8(11(13)14)9(16-10)7(3)5-15-4/h6-7H,5H2,1-4H3,(H,13,14). The van der Waals surface area contributed by atoms with E-state index in [1.807, 2.05) is 20.8 Å². The van der Waals surface area contributed by atoms with E-state index in [2.05, 4.69) is 4.98 Å². The molecule has 1 unspecified atom stereocenters. The molecule has 1 aromatic heterocycles. The summed E-state index contributed by atoms with van der Waals surface area (Å²) in [6.07, 6.45) is 0. The monoisotopic (exact) mass is 243 g/mol. The van der Waals surface area contributed by atoms with Crippen molar-refractivity contribution >= 4 is 17.3 Å². The fraction of sp³-hybridized carbons (Fsp3) is 0.636. The molecular formula is C11H17NO3S. The van der Waals surface area contributed by atoms with Crippen LogP contribution in [0.15, 0.2) is 0 Å². The molecule has 0 radical (unpaired) electrons. The summed E-state index contributed by atoms with van der Waals surface area (Å²) in [6, 6.07) is 0. The van der Waals surface area contributed by atoms with E-state index >= 15 is 0 Å². The van der Waals surface area contributed by atoms with Crippen molar-refractivity contribution in [2.45, 2.75) is 32.6 Å². The third-order valence-corrected chi connectivity index (χ3v) is 3.82. The summed E-state index contributed by atoms with van der Waals surface area (Å²) in [6.45, 7) is 6.48. The lowest BCUT2D eigenvalue weighted by atomic mass is 10.1. The van der Waals surface area contributed by atoms with Gasteiger partial charge in [0.05, 0.1) is 11.6 Å². The van der Waals surface area contributed by atoms with Gasteiger partial charge in [-0.15, -0.1) is 11.3 Å². The topological polar surface area (TPSA) is 59.4 Å². The molecule has 90 valence electrons. The fourth-order valence-corrected chi connectivity index (χ4v) is 2.51. The maximum absolute atomic E-state index is 11.1. The first-order chi connectivity index (χ1) is 7.47. The molecule has 0 saturated heterocycles. The molecule has 16 heavy (non-hydrogen) atoms. The van der Waals surface area contributed by atoms with Crippen molar-refractivity contribution in [2.24, 2.45) is 0 Å². The fourth-order valence-electron chi connectivity index (χ4n) is 1.41. The lowest BCUT2D eigenvalue weighted by molar-refractivity contribution is 0.0688. The zero-order valence-electron chi connectivity index (χ0n) is 9.98. The van der Waals surface area contributed by atoms with Crippen LogP contribution in [0.25, 0.3) is 0 Å². The van der Waals surface area contributed by atoms with Gasteiger partial charge in [0.15, 0.2) is 5.69 Å². The van der Waals surface area contributed by atoms with Crippen LogP contribution in [0.2, 0.25) is 0 Å². The van der Waals surface area contributed by atoms with Crippen LogP contribution in [0.5, 0.6) is 0 Å². The zero-order valence-corrected chi connectivity index (χ0v) is 10.8. The first kappa shape index (κ1) is 13.1. The number of aromatic nitrogens is 1. The lowest BCUT2D eigenvalue weighted by Gasteiger charge is -2.07. The Morgan fingerprint density at radius 2 is 2.12 bits per heavy atom. The van der Waals surface area contributed by atoms with Crippen molar-refractivity contribution < 1.29 is 14.6 Å². The van der Waals surface area contributed by atoms with E-state index in [9.17, 15) is 4.79 Å². The molecule has 1 aromatic rings. The number of thiazole rings is 1. The van der Waals surface area contributed by atoms with Crippen LogP contribution >= 0.6 is 11.3 Å². The van der Waals surface area contributed by atoms with Crippen LogP contribution in [0.4, 0.5) is 0 Å². The van der Waals surface area contributed by atoms with E-state index in [1.54, 1.807) is 7.11 Å². The molecule has 0 aromatic carbocycles. The molecular weight excluding hydrogens is 226 g/mol. The summed E-state index contributed by atoms with van der Waals surface area (Å²) in [5.74, 6) is -0.631. The second-order valence-electron chi connectivity index (χ2n) is 4.08. The highest BCUT2D eigenvalue weighted by Gasteiger charge is 2.22. The smallest absolute Gasteiger partial charge is 0.355 e. The zero-order chi connectivity index (χ0) is 12.3. The summed E-state index contributed by atoms with van der Waals surface area (Å²) in [5, 5.41) is 9.95. The molecule has 0 spiro atoms. The van der Waals surface area contributed by atoms with Crippen LogP contribution in [0.1, 0.15) is 53.0 Å². The minimum atomic E-state index is -0.957. The second kappa shape index (κ2) is 5.41. The van der Waals surface area contributed by atoms with E-state index in [0.717, 1.165) is 9.88 Å². The van der Waals surface area contributed by atoms with Crippen molar-refractivity contribution in [3.05, 3.63) is 15.6 Å². The summed E-state index contributed by atoms with van der Waals surface area (Å²) >= 11 is 1.47. The average Bonchev–Trinajstić information content (AvgIpc) is 2.62. The number of rotatable bonds is 5. The lowest BCUT2D eigenvalue weighted by Crippen LogP contribution is -2.07. The van der Waals surface area contributed by atoms with Gasteiger partial charge in [-0.05, 0) is 0 Å². The molecule has 0 fully saturated rings. The molecule has 0 aliphatic heterocycles. The Morgan fingerprint density at radius 1 is 1.50 bits per heavy atom.